The Hall–Kier alpha value is -0.690. The van der Waals surface area contributed by atoms with E-state index >= 15 is 0 Å². The lowest BCUT2D eigenvalue weighted by atomic mass is 10.5. The standard InChI is InChI=1S/C4H12N2O.C3H7NO2/c5-1-2-6-3-4-7;4-2-1-3(5)6/h6-7H,1-5H2;1-2,4H2,(H,5,6). The SMILES string of the molecule is NCCC(=O)O.NCCNCCO. The first-order valence-electron chi connectivity index (χ1n) is 4.12. The molecule has 0 aromatic rings. The van der Waals surface area contributed by atoms with Gasteiger partial charge in [-0.05, 0) is 0 Å². The van der Waals surface area contributed by atoms with E-state index in [9.17, 15) is 4.79 Å². The fourth-order valence-corrected chi connectivity index (χ4v) is 0.430. The van der Waals surface area contributed by atoms with E-state index in [0.717, 1.165) is 6.54 Å². The van der Waals surface area contributed by atoms with Crippen LogP contribution >= 0.6 is 0 Å². The van der Waals surface area contributed by atoms with Crippen LogP contribution in [-0.4, -0.2) is 49.0 Å². The molecule has 13 heavy (non-hydrogen) atoms. The number of carbonyl (C=O) groups is 1. The van der Waals surface area contributed by atoms with Crippen molar-refractivity contribution in [1.82, 2.24) is 5.32 Å². The molecule has 0 rings (SSSR count). The molecule has 0 aliphatic carbocycles. The van der Waals surface area contributed by atoms with Gasteiger partial charge in [0.25, 0.3) is 0 Å². The summed E-state index contributed by atoms with van der Waals surface area (Å²) in [6.45, 7) is 2.51. The monoisotopic (exact) mass is 193 g/mol. The Morgan fingerprint density at radius 2 is 1.85 bits per heavy atom. The average molecular weight is 193 g/mol. The van der Waals surface area contributed by atoms with Crippen LogP contribution in [0, 0.1) is 0 Å². The molecule has 0 heterocycles. The van der Waals surface area contributed by atoms with Gasteiger partial charge in [-0.25, -0.2) is 0 Å². The van der Waals surface area contributed by atoms with Crippen LogP contribution in [0.3, 0.4) is 0 Å². The normalized spacial score (nSPS) is 8.85. The Kier molecular flexibility index (Phi) is 15.8. The van der Waals surface area contributed by atoms with E-state index in [1.165, 1.54) is 0 Å². The summed E-state index contributed by atoms with van der Waals surface area (Å²) in [4.78, 5) is 9.52. The van der Waals surface area contributed by atoms with E-state index in [0.29, 0.717) is 13.1 Å². The Labute approximate surface area is 77.9 Å². The molecule has 0 amide bonds. The molecule has 0 unspecified atom stereocenters. The van der Waals surface area contributed by atoms with Crippen LogP contribution in [0.15, 0.2) is 0 Å². The van der Waals surface area contributed by atoms with Gasteiger partial charge in [-0.2, -0.15) is 0 Å². The first-order chi connectivity index (χ1) is 6.18. The molecule has 7 N–H and O–H groups in total. The van der Waals surface area contributed by atoms with E-state index in [2.05, 4.69) is 5.32 Å². The largest absolute Gasteiger partial charge is 0.481 e. The molecule has 6 heteroatoms. The number of nitrogens with one attached hydrogen (secondary N) is 1. The zero-order chi connectivity index (χ0) is 10.5. The van der Waals surface area contributed by atoms with Gasteiger partial charge < -0.3 is 27.0 Å². The summed E-state index contributed by atoms with van der Waals surface area (Å²) in [5, 5.41) is 18.9. The van der Waals surface area contributed by atoms with Crippen molar-refractivity contribution < 1.29 is 15.0 Å². The fourth-order valence-electron chi connectivity index (χ4n) is 0.430. The second-order valence-electron chi connectivity index (χ2n) is 2.19. The number of hydrogen-bond acceptors (Lipinski definition) is 5. The lowest BCUT2D eigenvalue weighted by Crippen LogP contribution is -2.24. The summed E-state index contributed by atoms with van der Waals surface area (Å²) in [7, 11) is 0. The third-order valence-electron chi connectivity index (χ3n) is 0.968. The maximum absolute atomic E-state index is 9.52. The van der Waals surface area contributed by atoms with Gasteiger partial charge in [0.15, 0.2) is 0 Å². The second kappa shape index (κ2) is 13.9. The fraction of sp³-hybridized carbons (Fsp3) is 0.857. The van der Waals surface area contributed by atoms with Gasteiger partial charge in [0, 0.05) is 26.2 Å². The van der Waals surface area contributed by atoms with Crippen LogP contribution in [0.1, 0.15) is 6.42 Å². The molecule has 0 aromatic heterocycles. The molecule has 0 fully saturated rings. The van der Waals surface area contributed by atoms with Crippen LogP contribution in [-0.2, 0) is 4.79 Å². The molecule has 80 valence electrons. The summed E-state index contributed by atoms with van der Waals surface area (Å²) >= 11 is 0. The topological polar surface area (TPSA) is 122 Å². The van der Waals surface area contributed by atoms with Gasteiger partial charge in [0.05, 0.1) is 13.0 Å². The summed E-state index contributed by atoms with van der Waals surface area (Å²) in [5.74, 6) is -0.836. The summed E-state index contributed by atoms with van der Waals surface area (Å²) in [5.41, 5.74) is 9.97. The third kappa shape index (κ3) is 24.6. The molecule has 0 radical (unpaired) electrons. The Bertz CT molecular complexity index is 107. The minimum Gasteiger partial charge on any atom is -0.481 e. The number of nitrogens with two attached hydrogens (primary N) is 2. The molecular weight excluding hydrogens is 174 g/mol. The number of carboxylic acid groups (broad SMARTS) is 1. The molecule has 0 atom stereocenters. The molecule has 0 bridgehead atoms. The molecular formula is C7H19N3O3. The number of aliphatic hydroxyl groups excluding tert-OH is 1. The predicted octanol–water partition coefficient (Wildman–Crippen LogP) is -2.05. The Morgan fingerprint density at radius 1 is 1.23 bits per heavy atom. The van der Waals surface area contributed by atoms with Gasteiger partial charge in [-0.3, -0.25) is 4.79 Å². The predicted molar refractivity (Wildman–Crippen MR) is 50.3 cm³/mol. The molecule has 0 aliphatic rings. The summed E-state index contributed by atoms with van der Waals surface area (Å²) < 4.78 is 0. The number of aliphatic carboxylic acids is 1. The number of hydrogen-bond donors (Lipinski definition) is 5. The summed E-state index contributed by atoms with van der Waals surface area (Å²) in [6.07, 6.45) is 0.0694. The first kappa shape index (κ1) is 14.8. The minimum atomic E-state index is -0.836. The highest BCUT2D eigenvalue weighted by molar-refractivity contribution is 5.66. The lowest BCUT2D eigenvalue weighted by molar-refractivity contribution is -0.136. The summed E-state index contributed by atoms with van der Waals surface area (Å²) in [6, 6.07) is 0. The third-order valence-corrected chi connectivity index (χ3v) is 0.968. The maximum Gasteiger partial charge on any atom is 0.304 e. The zero-order valence-electron chi connectivity index (χ0n) is 7.70. The van der Waals surface area contributed by atoms with Crippen LogP contribution < -0.4 is 16.8 Å². The van der Waals surface area contributed by atoms with Crippen molar-refractivity contribution in [3.05, 3.63) is 0 Å². The van der Waals surface area contributed by atoms with E-state index in [-0.39, 0.29) is 19.6 Å². The van der Waals surface area contributed by atoms with Crippen molar-refractivity contribution in [1.29, 1.82) is 0 Å². The van der Waals surface area contributed by atoms with Gasteiger partial charge in [0.2, 0.25) is 0 Å². The van der Waals surface area contributed by atoms with E-state index in [1.807, 2.05) is 0 Å². The van der Waals surface area contributed by atoms with Crippen molar-refractivity contribution >= 4 is 5.97 Å². The number of carboxylic acids is 1. The number of aliphatic hydroxyl groups is 1. The Morgan fingerprint density at radius 3 is 2.08 bits per heavy atom. The lowest BCUT2D eigenvalue weighted by Gasteiger charge is -1.95. The smallest absolute Gasteiger partial charge is 0.304 e. The average Bonchev–Trinajstić information content (AvgIpc) is 2.06. The number of rotatable bonds is 6. The maximum atomic E-state index is 9.52. The van der Waals surface area contributed by atoms with Gasteiger partial charge >= 0.3 is 5.97 Å². The van der Waals surface area contributed by atoms with Crippen molar-refractivity contribution in [2.24, 2.45) is 11.5 Å². The highest BCUT2D eigenvalue weighted by atomic mass is 16.4. The van der Waals surface area contributed by atoms with Crippen LogP contribution in [0.5, 0.6) is 0 Å². The molecule has 6 nitrogen and oxygen atoms in total. The molecule has 0 saturated heterocycles. The first-order valence-corrected chi connectivity index (χ1v) is 4.12. The quantitative estimate of drug-likeness (QED) is 0.309. The van der Waals surface area contributed by atoms with Crippen LogP contribution in [0.4, 0.5) is 0 Å². The van der Waals surface area contributed by atoms with Crippen molar-refractivity contribution in [2.75, 3.05) is 32.8 Å². The van der Waals surface area contributed by atoms with Crippen molar-refractivity contribution in [2.45, 2.75) is 6.42 Å². The second-order valence-corrected chi connectivity index (χ2v) is 2.19. The minimum absolute atomic E-state index is 0.0694. The highest BCUT2D eigenvalue weighted by Crippen LogP contribution is 1.67. The molecule has 0 spiro atoms. The molecule has 0 saturated carbocycles. The van der Waals surface area contributed by atoms with Gasteiger partial charge in [-0.1, -0.05) is 0 Å². The van der Waals surface area contributed by atoms with Crippen molar-refractivity contribution in [3.8, 4) is 0 Å². The van der Waals surface area contributed by atoms with Crippen LogP contribution in [0.25, 0.3) is 0 Å². The van der Waals surface area contributed by atoms with Crippen molar-refractivity contribution in [3.63, 3.8) is 0 Å². The van der Waals surface area contributed by atoms with E-state index in [1.54, 1.807) is 0 Å². The van der Waals surface area contributed by atoms with E-state index < -0.39 is 5.97 Å². The van der Waals surface area contributed by atoms with Crippen LogP contribution in [0.2, 0.25) is 0 Å². The Balaban J connectivity index is 0. The van der Waals surface area contributed by atoms with Gasteiger partial charge in [0.1, 0.15) is 0 Å². The van der Waals surface area contributed by atoms with E-state index in [4.69, 9.17) is 21.7 Å². The zero-order valence-corrected chi connectivity index (χ0v) is 7.70. The van der Waals surface area contributed by atoms with Gasteiger partial charge in [-0.15, -0.1) is 0 Å². The molecule has 0 aromatic carbocycles. The highest BCUT2D eigenvalue weighted by Gasteiger charge is 1.87. The molecule has 0 aliphatic heterocycles.